The molecule has 0 saturated carbocycles. The number of carbonyl (C=O) groups excluding carboxylic acids is 1. The van der Waals surface area contributed by atoms with Crippen LogP contribution in [-0.2, 0) is 0 Å². The van der Waals surface area contributed by atoms with Crippen LogP contribution in [0.4, 0.5) is 0 Å². The molecule has 0 heterocycles. The molecule has 1 aliphatic carbocycles. The van der Waals surface area contributed by atoms with E-state index in [1.54, 1.807) is 18.2 Å². The second kappa shape index (κ2) is 5.41. The van der Waals surface area contributed by atoms with Gasteiger partial charge in [-0.05, 0) is 17.2 Å². The molecule has 23 heavy (non-hydrogen) atoms. The topological polar surface area (TPSA) is 17.1 Å². The minimum Gasteiger partial charge on any atom is -0.289 e. The van der Waals surface area contributed by atoms with E-state index >= 15 is 0 Å². The van der Waals surface area contributed by atoms with Crippen LogP contribution in [0.2, 0.25) is 5.02 Å². The van der Waals surface area contributed by atoms with Gasteiger partial charge in [0, 0.05) is 22.3 Å². The van der Waals surface area contributed by atoms with Crippen molar-refractivity contribution in [3.63, 3.8) is 0 Å². The van der Waals surface area contributed by atoms with Crippen molar-refractivity contribution < 1.29 is 4.79 Å². The Labute approximate surface area is 144 Å². The summed E-state index contributed by atoms with van der Waals surface area (Å²) in [4.78, 5) is 13.7. The first-order valence-corrected chi connectivity index (χ1v) is 8.03. The van der Waals surface area contributed by atoms with Crippen LogP contribution in [0.5, 0.6) is 0 Å². The molecule has 0 fully saturated rings. The van der Waals surface area contributed by atoms with Crippen LogP contribution in [0, 0.1) is 0 Å². The number of fused-ring (bicyclic) bond motifs is 2. The van der Waals surface area contributed by atoms with E-state index in [2.05, 4.69) is 0 Å². The van der Waals surface area contributed by atoms with Gasteiger partial charge in [-0.1, -0.05) is 84.5 Å². The molecule has 1 nitrogen and oxygen atoms in total. The van der Waals surface area contributed by atoms with Crippen LogP contribution >= 0.6 is 23.8 Å². The molecule has 0 N–H and O–H groups in total. The van der Waals surface area contributed by atoms with Gasteiger partial charge < -0.3 is 0 Å². The number of ketones is 1. The lowest BCUT2D eigenvalue weighted by atomic mass is 9.81. The number of benzene rings is 3. The second-order valence-corrected chi connectivity index (χ2v) is 6.23. The van der Waals surface area contributed by atoms with Crippen molar-refractivity contribution in [2.24, 2.45) is 0 Å². The predicted molar refractivity (Wildman–Crippen MR) is 97.6 cm³/mol. The summed E-state index contributed by atoms with van der Waals surface area (Å²) in [6.07, 6.45) is 0. The molecule has 0 atom stereocenters. The zero-order valence-electron chi connectivity index (χ0n) is 12.0. The van der Waals surface area contributed by atoms with Gasteiger partial charge in [-0.25, -0.2) is 0 Å². The molecule has 1 aliphatic rings. The van der Waals surface area contributed by atoms with Gasteiger partial charge in [-0.3, -0.25) is 4.79 Å². The third kappa shape index (κ3) is 2.14. The highest BCUT2D eigenvalue weighted by Gasteiger charge is 2.30. The standard InChI is InChI=1S/C20H11ClOS/c21-16-11-5-9-14-18(16)20(23)15-10-4-8-13(17(15)19(14)22)12-6-2-1-3-7-12/h1-11H. The first-order valence-electron chi connectivity index (χ1n) is 7.25. The van der Waals surface area contributed by atoms with Crippen LogP contribution in [0.15, 0.2) is 66.7 Å². The molecule has 0 aromatic heterocycles. The van der Waals surface area contributed by atoms with Gasteiger partial charge in [0.2, 0.25) is 0 Å². The molecular weight excluding hydrogens is 324 g/mol. The SMILES string of the molecule is O=C1c2cccc(Cl)c2C(=S)c2cccc(-c3ccccc3)c21. The minimum absolute atomic E-state index is 0.0226. The largest absolute Gasteiger partial charge is 0.289 e. The Morgan fingerprint density at radius 2 is 1.35 bits per heavy atom. The Kier molecular flexibility index (Phi) is 3.37. The Balaban J connectivity index is 2.03. The summed E-state index contributed by atoms with van der Waals surface area (Å²) < 4.78 is 0. The molecule has 0 spiro atoms. The Morgan fingerprint density at radius 3 is 2.13 bits per heavy atom. The van der Waals surface area contributed by atoms with E-state index in [-0.39, 0.29) is 5.78 Å². The molecule has 3 heteroatoms. The molecule has 0 bridgehead atoms. The molecule has 3 aromatic carbocycles. The van der Waals surface area contributed by atoms with E-state index in [9.17, 15) is 4.79 Å². The lowest BCUT2D eigenvalue weighted by Crippen LogP contribution is -2.21. The van der Waals surface area contributed by atoms with Crippen LogP contribution < -0.4 is 0 Å². The fourth-order valence-corrected chi connectivity index (χ4v) is 3.77. The summed E-state index contributed by atoms with van der Waals surface area (Å²) in [7, 11) is 0. The third-order valence-corrected chi connectivity index (χ3v) is 4.85. The van der Waals surface area contributed by atoms with Crippen LogP contribution in [0.1, 0.15) is 27.0 Å². The Hall–Kier alpha value is -2.29. The quantitative estimate of drug-likeness (QED) is 0.438. The fourth-order valence-electron chi connectivity index (χ4n) is 3.06. The highest BCUT2D eigenvalue weighted by Crippen LogP contribution is 2.37. The number of carbonyl (C=O) groups is 1. The van der Waals surface area contributed by atoms with Gasteiger partial charge in [0.05, 0.1) is 9.89 Å². The van der Waals surface area contributed by atoms with E-state index in [1.165, 1.54) is 0 Å². The normalized spacial score (nSPS) is 12.7. The predicted octanol–water partition coefficient (Wildman–Crippen LogP) is 5.32. The lowest BCUT2D eigenvalue weighted by Gasteiger charge is -2.23. The van der Waals surface area contributed by atoms with Crippen molar-refractivity contribution in [2.45, 2.75) is 0 Å². The van der Waals surface area contributed by atoms with E-state index in [4.69, 9.17) is 23.8 Å². The first-order chi connectivity index (χ1) is 11.2. The van der Waals surface area contributed by atoms with E-state index < -0.39 is 0 Å². The van der Waals surface area contributed by atoms with E-state index in [0.29, 0.717) is 26.6 Å². The van der Waals surface area contributed by atoms with Crippen LogP contribution in [0.25, 0.3) is 11.1 Å². The Bertz CT molecular complexity index is 961. The molecule has 4 rings (SSSR count). The molecule has 0 amide bonds. The maximum Gasteiger partial charge on any atom is 0.195 e. The maximum atomic E-state index is 13.1. The highest BCUT2D eigenvalue weighted by molar-refractivity contribution is 7.81. The number of halogens is 1. The Morgan fingerprint density at radius 1 is 0.696 bits per heavy atom. The van der Waals surface area contributed by atoms with Crippen LogP contribution in [0.3, 0.4) is 0 Å². The van der Waals surface area contributed by atoms with Crippen molar-refractivity contribution in [1.82, 2.24) is 0 Å². The summed E-state index contributed by atoms with van der Waals surface area (Å²) in [6.45, 7) is 0. The first kappa shape index (κ1) is 14.3. The van der Waals surface area contributed by atoms with Gasteiger partial charge in [-0.15, -0.1) is 0 Å². The van der Waals surface area contributed by atoms with Gasteiger partial charge in [-0.2, -0.15) is 0 Å². The molecule has 0 radical (unpaired) electrons. The third-order valence-electron chi connectivity index (χ3n) is 4.11. The molecule has 0 saturated heterocycles. The number of thiocarbonyl (C=S) groups is 1. The van der Waals surface area contributed by atoms with Crippen LogP contribution in [-0.4, -0.2) is 10.6 Å². The molecular formula is C20H11ClOS. The summed E-state index contributed by atoms with van der Waals surface area (Å²) >= 11 is 11.9. The molecule has 0 aliphatic heterocycles. The van der Waals surface area contributed by atoms with E-state index in [1.807, 2.05) is 48.5 Å². The van der Waals surface area contributed by atoms with Crippen molar-refractivity contribution in [1.29, 1.82) is 0 Å². The maximum absolute atomic E-state index is 13.1. The highest BCUT2D eigenvalue weighted by atomic mass is 35.5. The zero-order chi connectivity index (χ0) is 16.0. The van der Waals surface area contributed by atoms with Gasteiger partial charge in [0.15, 0.2) is 5.78 Å². The summed E-state index contributed by atoms with van der Waals surface area (Å²) in [5.41, 5.74) is 4.61. The number of rotatable bonds is 1. The molecule has 110 valence electrons. The van der Waals surface area contributed by atoms with Gasteiger partial charge >= 0.3 is 0 Å². The summed E-state index contributed by atoms with van der Waals surface area (Å²) in [6, 6.07) is 21.0. The van der Waals surface area contributed by atoms with Gasteiger partial charge in [0.25, 0.3) is 0 Å². The van der Waals surface area contributed by atoms with Crippen molar-refractivity contribution in [2.75, 3.05) is 0 Å². The minimum atomic E-state index is -0.0226. The molecule has 0 unspecified atom stereocenters. The number of hydrogen-bond acceptors (Lipinski definition) is 2. The van der Waals surface area contributed by atoms with Crippen molar-refractivity contribution in [3.8, 4) is 11.1 Å². The monoisotopic (exact) mass is 334 g/mol. The van der Waals surface area contributed by atoms with Crippen molar-refractivity contribution in [3.05, 3.63) is 94.0 Å². The van der Waals surface area contributed by atoms with Gasteiger partial charge in [0.1, 0.15) is 0 Å². The fraction of sp³-hybridized carbons (Fsp3) is 0. The average Bonchev–Trinajstić information content (AvgIpc) is 2.59. The average molecular weight is 335 g/mol. The number of hydrogen-bond donors (Lipinski definition) is 0. The summed E-state index contributed by atoms with van der Waals surface area (Å²) in [5, 5.41) is 0.525. The second-order valence-electron chi connectivity index (χ2n) is 5.41. The smallest absolute Gasteiger partial charge is 0.195 e. The van der Waals surface area contributed by atoms with E-state index in [0.717, 1.165) is 16.7 Å². The van der Waals surface area contributed by atoms with Crippen molar-refractivity contribution >= 4 is 34.5 Å². The summed E-state index contributed by atoms with van der Waals surface area (Å²) in [5.74, 6) is -0.0226. The lowest BCUT2D eigenvalue weighted by molar-refractivity contribution is 0.103. The molecule has 3 aromatic rings. The zero-order valence-corrected chi connectivity index (χ0v) is 13.6.